The van der Waals surface area contributed by atoms with Crippen molar-refractivity contribution in [3.63, 3.8) is 0 Å². The van der Waals surface area contributed by atoms with Crippen LogP contribution >= 0.6 is 11.6 Å². The topological polar surface area (TPSA) is 63.2 Å². The minimum Gasteiger partial charge on any atom is -0.299 e. The van der Waals surface area contributed by atoms with Gasteiger partial charge in [-0.1, -0.05) is 17.7 Å². The van der Waals surface area contributed by atoms with Gasteiger partial charge < -0.3 is 0 Å². The molecule has 0 aliphatic carbocycles. The van der Waals surface area contributed by atoms with Crippen molar-refractivity contribution >= 4 is 21.4 Å². The molecule has 2 aromatic rings. The molecule has 1 aliphatic rings. The summed E-state index contributed by atoms with van der Waals surface area (Å²) in [6, 6.07) is 5.53. The van der Waals surface area contributed by atoms with Gasteiger partial charge in [-0.2, -0.15) is 0 Å². The fourth-order valence-electron chi connectivity index (χ4n) is 3.15. The molecule has 0 radical (unpaired) electrons. The van der Waals surface area contributed by atoms with E-state index < -0.39 is 9.84 Å². The minimum absolute atomic E-state index is 0.150. The monoisotopic (exact) mass is 365 g/mol. The lowest BCUT2D eigenvalue weighted by Crippen LogP contribution is -2.33. The number of nitrogens with zero attached hydrogens (tertiary/aromatic N) is 3. The van der Waals surface area contributed by atoms with Crippen LogP contribution < -0.4 is 0 Å². The van der Waals surface area contributed by atoms with Gasteiger partial charge in [0.05, 0.1) is 15.6 Å². The lowest BCUT2D eigenvalue weighted by atomic mass is 9.93. The van der Waals surface area contributed by atoms with Gasteiger partial charge in [0.2, 0.25) is 0 Å². The van der Waals surface area contributed by atoms with Crippen molar-refractivity contribution < 1.29 is 8.42 Å². The minimum atomic E-state index is -3.34. The molecular weight excluding hydrogens is 346 g/mol. The van der Waals surface area contributed by atoms with Crippen molar-refractivity contribution in [2.45, 2.75) is 30.2 Å². The summed E-state index contributed by atoms with van der Waals surface area (Å²) in [5.41, 5.74) is 1.85. The summed E-state index contributed by atoms with van der Waals surface area (Å²) in [6.45, 7) is 2.69. The van der Waals surface area contributed by atoms with E-state index in [9.17, 15) is 8.42 Å². The molecule has 2 aromatic heterocycles. The molecule has 1 fully saturated rings. The Morgan fingerprint density at radius 2 is 2.04 bits per heavy atom. The van der Waals surface area contributed by atoms with Crippen LogP contribution in [-0.4, -0.2) is 42.6 Å². The van der Waals surface area contributed by atoms with Gasteiger partial charge in [-0.05, 0) is 43.6 Å². The van der Waals surface area contributed by atoms with Crippen molar-refractivity contribution in [3.8, 4) is 0 Å². The molecule has 0 atom stereocenters. The second kappa shape index (κ2) is 7.17. The van der Waals surface area contributed by atoms with Crippen LogP contribution in [0.1, 0.15) is 30.0 Å². The van der Waals surface area contributed by atoms with Crippen LogP contribution in [0.4, 0.5) is 0 Å². The Hall–Kier alpha value is -1.50. The molecule has 1 saturated heterocycles. The summed E-state index contributed by atoms with van der Waals surface area (Å²) < 4.78 is 24.1. The summed E-state index contributed by atoms with van der Waals surface area (Å²) in [7, 11) is -3.34. The average Bonchev–Trinajstić information content (AvgIpc) is 2.56. The number of aromatic nitrogens is 2. The summed E-state index contributed by atoms with van der Waals surface area (Å²) in [6.07, 6.45) is 8.17. The van der Waals surface area contributed by atoms with Crippen LogP contribution in [0.25, 0.3) is 0 Å². The first-order chi connectivity index (χ1) is 11.4. The van der Waals surface area contributed by atoms with E-state index in [1.165, 1.54) is 24.1 Å². The predicted molar refractivity (Wildman–Crippen MR) is 93.8 cm³/mol. The zero-order chi connectivity index (χ0) is 17.2. The number of hydrogen-bond acceptors (Lipinski definition) is 5. The Morgan fingerprint density at radius 3 is 2.67 bits per heavy atom. The van der Waals surface area contributed by atoms with Gasteiger partial charge in [-0.3, -0.25) is 14.9 Å². The Labute approximate surface area is 147 Å². The summed E-state index contributed by atoms with van der Waals surface area (Å²) in [4.78, 5) is 11.1. The molecule has 0 amide bonds. The van der Waals surface area contributed by atoms with Crippen molar-refractivity contribution in [1.82, 2.24) is 14.9 Å². The molecule has 3 rings (SSSR count). The standard InChI is InChI=1S/C17H20ClN3O2S/c1-24(22,23)16-9-15(18)11-20-17(16)14-4-7-21(8-5-14)12-13-3-2-6-19-10-13/h2-3,6,9-11,14H,4-5,7-8,12H2,1H3. The molecule has 128 valence electrons. The van der Waals surface area contributed by atoms with E-state index in [2.05, 4.69) is 20.9 Å². The van der Waals surface area contributed by atoms with E-state index in [1.807, 2.05) is 12.3 Å². The highest BCUT2D eigenvalue weighted by Crippen LogP contribution is 2.32. The van der Waals surface area contributed by atoms with Crippen LogP contribution in [0.15, 0.2) is 41.7 Å². The highest BCUT2D eigenvalue weighted by molar-refractivity contribution is 7.90. The zero-order valence-electron chi connectivity index (χ0n) is 13.5. The van der Waals surface area contributed by atoms with E-state index in [0.29, 0.717) is 10.7 Å². The maximum absolute atomic E-state index is 12.0. The van der Waals surface area contributed by atoms with E-state index >= 15 is 0 Å². The van der Waals surface area contributed by atoms with E-state index in [1.54, 1.807) is 6.20 Å². The van der Waals surface area contributed by atoms with Crippen LogP contribution in [0.2, 0.25) is 5.02 Å². The predicted octanol–water partition coefficient (Wildman–Crippen LogP) is 2.91. The van der Waals surface area contributed by atoms with Gasteiger partial charge in [-0.15, -0.1) is 0 Å². The first-order valence-corrected chi connectivity index (χ1v) is 10.2. The molecule has 0 unspecified atom stereocenters. The molecule has 0 saturated carbocycles. The smallest absolute Gasteiger partial charge is 0.177 e. The van der Waals surface area contributed by atoms with Crippen LogP contribution in [0, 0.1) is 0 Å². The first-order valence-electron chi connectivity index (χ1n) is 7.90. The highest BCUT2D eigenvalue weighted by atomic mass is 35.5. The largest absolute Gasteiger partial charge is 0.299 e. The molecule has 5 nitrogen and oxygen atoms in total. The number of rotatable bonds is 4. The molecule has 3 heterocycles. The van der Waals surface area contributed by atoms with Gasteiger partial charge >= 0.3 is 0 Å². The third kappa shape index (κ3) is 4.12. The van der Waals surface area contributed by atoms with Gasteiger partial charge in [-0.25, -0.2) is 8.42 Å². The van der Waals surface area contributed by atoms with Crippen molar-refractivity contribution in [2.24, 2.45) is 0 Å². The fourth-order valence-corrected chi connectivity index (χ4v) is 4.31. The van der Waals surface area contributed by atoms with E-state index in [0.717, 1.165) is 32.5 Å². The highest BCUT2D eigenvalue weighted by Gasteiger charge is 2.26. The third-order valence-electron chi connectivity index (χ3n) is 4.35. The second-order valence-electron chi connectivity index (χ2n) is 6.22. The number of halogens is 1. The Balaban J connectivity index is 1.71. The second-order valence-corrected chi connectivity index (χ2v) is 8.64. The lowest BCUT2D eigenvalue weighted by molar-refractivity contribution is 0.202. The van der Waals surface area contributed by atoms with Crippen molar-refractivity contribution in [3.05, 3.63) is 53.1 Å². The van der Waals surface area contributed by atoms with Gasteiger partial charge in [0, 0.05) is 37.3 Å². The van der Waals surface area contributed by atoms with Gasteiger partial charge in [0.15, 0.2) is 9.84 Å². The Kier molecular flexibility index (Phi) is 5.18. The molecule has 0 bridgehead atoms. The SMILES string of the molecule is CS(=O)(=O)c1cc(Cl)cnc1C1CCN(Cc2cccnc2)CC1. The Morgan fingerprint density at radius 1 is 1.29 bits per heavy atom. The molecule has 1 aliphatic heterocycles. The first kappa shape index (κ1) is 17.3. The number of likely N-dealkylation sites (tertiary alicyclic amines) is 1. The summed E-state index contributed by atoms with van der Waals surface area (Å²) in [5, 5.41) is 0.355. The van der Waals surface area contributed by atoms with Crippen LogP contribution in [0.5, 0.6) is 0 Å². The average molecular weight is 366 g/mol. The molecule has 24 heavy (non-hydrogen) atoms. The summed E-state index contributed by atoms with van der Waals surface area (Å²) in [5.74, 6) is 0.150. The van der Waals surface area contributed by atoms with Crippen LogP contribution in [-0.2, 0) is 16.4 Å². The van der Waals surface area contributed by atoms with Crippen LogP contribution in [0.3, 0.4) is 0 Å². The number of piperidine rings is 1. The fraction of sp³-hybridized carbons (Fsp3) is 0.412. The molecule has 0 spiro atoms. The molecule has 0 aromatic carbocycles. The van der Waals surface area contributed by atoms with Crippen molar-refractivity contribution in [2.75, 3.05) is 19.3 Å². The number of pyridine rings is 2. The third-order valence-corrected chi connectivity index (χ3v) is 5.68. The van der Waals surface area contributed by atoms with Crippen molar-refractivity contribution in [1.29, 1.82) is 0 Å². The number of sulfone groups is 1. The van der Waals surface area contributed by atoms with Gasteiger partial charge in [0.1, 0.15) is 0 Å². The number of hydrogen-bond donors (Lipinski definition) is 0. The zero-order valence-corrected chi connectivity index (χ0v) is 15.1. The molecular formula is C17H20ClN3O2S. The Bertz CT molecular complexity index is 804. The quantitative estimate of drug-likeness (QED) is 0.833. The lowest BCUT2D eigenvalue weighted by Gasteiger charge is -2.32. The van der Waals surface area contributed by atoms with E-state index in [4.69, 9.17) is 11.6 Å². The van der Waals surface area contributed by atoms with Gasteiger partial charge in [0.25, 0.3) is 0 Å². The maximum atomic E-state index is 12.0. The normalized spacial score (nSPS) is 17.1. The molecule has 7 heteroatoms. The maximum Gasteiger partial charge on any atom is 0.177 e. The summed E-state index contributed by atoms with van der Waals surface area (Å²) >= 11 is 5.93. The molecule has 0 N–H and O–H groups in total. The van der Waals surface area contributed by atoms with E-state index in [-0.39, 0.29) is 10.8 Å².